The van der Waals surface area contributed by atoms with Crippen LogP contribution in [0, 0.1) is 5.41 Å². The molecule has 112 valence electrons. The van der Waals surface area contributed by atoms with Gasteiger partial charge in [0.15, 0.2) is 0 Å². The molecule has 0 radical (unpaired) electrons. The molecule has 20 heavy (non-hydrogen) atoms. The van der Waals surface area contributed by atoms with Crippen molar-refractivity contribution in [3.05, 3.63) is 22.7 Å². The van der Waals surface area contributed by atoms with E-state index in [0.29, 0.717) is 6.04 Å². The molecule has 3 atom stereocenters. The summed E-state index contributed by atoms with van der Waals surface area (Å²) in [6, 6.07) is 6.40. The van der Waals surface area contributed by atoms with Gasteiger partial charge in [0, 0.05) is 17.9 Å². The van der Waals surface area contributed by atoms with E-state index in [-0.39, 0.29) is 11.5 Å². The zero-order valence-electron chi connectivity index (χ0n) is 12.7. The van der Waals surface area contributed by atoms with Crippen LogP contribution in [-0.4, -0.2) is 25.8 Å². The predicted octanol–water partition coefficient (Wildman–Crippen LogP) is 4.00. The van der Waals surface area contributed by atoms with Crippen molar-refractivity contribution >= 4 is 15.9 Å². The van der Waals surface area contributed by atoms with E-state index in [9.17, 15) is 0 Å². The summed E-state index contributed by atoms with van der Waals surface area (Å²) in [5, 5.41) is 3.56. The average molecular weight is 342 g/mol. The van der Waals surface area contributed by atoms with Gasteiger partial charge in [-0.25, -0.2) is 0 Å². The van der Waals surface area contributed by atoms with Crippen molar-refractivity contribution in [3.8, 4) is 11.5 Å². The Labute approximate surface area is 130 Å². The quantitative estimate of drug-likeness (QED) is 0.848. The number of nitrogens with one attached hydrogen (secondary N) is 1. The molecule has 0 amide bonds. The zero-order chi connectivity index (χ0) is 14.8. The highest BCUT2D eigenvalue weighted by atomic mass is 79.9. The first-order valence-corrected chi connectivity index (χ1v) is 8.08. The maximum atomic E-state index is 6.22. The number of halogens is 1. The number of hydrogen-bond donors (Lipinski definition) is 1. The Morgan fingerprint density at radius 2 is 2.15 bits per heavy atom. The highest BCUT2D eigenvalue weighted by molar-refractivity contribution is 9.10. The lowest BCUT2D eigenvalue weighted by atomic mass is 9.61. The molecule has 1 aromatic rings. The van der Waals surface area contributed by atoms with E-state index < -0.39 is 0 Å². The van der Waals surface area contributed by atoms with Gasteiger partial charge >= 0.3 is 0 Å². The summed E-state index contributed by atoms with van der Waals surface area (Å²) in [7, 11) is 1.67. The van der Waals surface area contributed by atoms with Gasteiger partial charge < -0.3 is 14.8 Å². The van der Waals surface area contributed by atoms with Crippen molar-refractivity contribution in [1.29, 1.82) is 0 Å². The fraction of sp³-hybridized carbons (Fsp3) is 0.625. The summed E-state index contributed by atoms with van der Waals surface area (Å²) in [6.07, 6.45) is 2.45. The summed E-state index contributed by atoms with van der Waals surface area (Å²) in [5.41, 5.74) is 0.204. The van der Waals surface area contributed by atoms with Crippen LogP contribution in [0.1, 0.15) is 33.6 Å². The van der Waals surface area contributed by atoms with Crippen LogP contribution in [0.4, 0.5) is 0 Å². The Hall–Kier alpha value is -0.740. The van der Waals surface area contributed by atoms with E-state index in [1.807, 2.05) is 18.2 Å². The van der Waals surface area contributed by atoms with Crippen LogP contribution < -0.4 is 14.8 Å². The lowest BCUT2D eigenvalue weighted by Crippen LogP contribution is -2.63. The number of hydrogen-bond acceptors (Lipinski definition) is 3. The second-order valence-corrected chi connectivity index (χ2v) is 6.46. The molecule has 1 N–H and O–H groups in total. The minimum Gasteiger partial charge on any atom is -0.497 e. The number of rotatable bonds is 6. The SMILES string of the molecule is CCNC1CC(Oc2ccc(OC)cc2Br)C1(C)CC. The minimum absolute atomic E-state index is 0.204. The van der Waals surface area contributed by atoms with Crippen LogP contribution in [0.15, 0.2) is 22.7 Å². The van der Waals surface area contributed by atoms with Crippen molar-refractivity contribution in [2.45, 2.75) is 45.8 Å². The zero-order valence-corrected chi connectivity index (χ0v) is 14.3. The highest BCUT2D eigenvalue weighted by Crippen LogP contribution is 2.47. The summed E-state index contributed by atoms with van der Waals surface area (Å²) in [5.74, 6) is 1.73. The fourth-order valence-corrected chi connectivity index (χ4v) is 3.34. The van der Waals surface area contributed by atoms with Crippen LogP contribution in [0.25, 0.3) is 0 Å². The molecule has 1 aromatic carbocycles. The lowest BCUT2D eigenvalue weighted by molar-refractivity contribution is -0.0700. The molecule has 0 aliphatic heterocycles. The largest absolute Gasteiger partial charge is 0.497 e. The molecule has 3 unspecified atom stereocenters. The number of benzene rings is 1. The van der Waals surface area contributed by atoms with E-state index >= 15 is 0 Å². The highest BCUT2D eigenvalue weighted by Gasteiger charge is 2.51. The molecule has 1 saturated carbocycles. The van der Waals surface area contributed by atoms with Crippen LogP contribution >= 0.6 is 15.9 Å². The first-order valence-electron chi connectivity index (χ1n) is 7.28. The van der Waals surface area contributed by atoms with Gasteiger partial charge in [-0.1, -0.05) is 20.8 Å². The van der Waals surface area contributed by atoms with E-state index in [2.05, 4.69) is 42.0 Å². The maximum Gasteiger partial charge on any atom is 0.134 e. The van der Waals surface area contributed by atoms with E-state index in [4.69, 9.17) is 9.47 Å². The third-order valence-electron chi connectivity index (χ3n) is 4.60. The van der Waals surface area contributed by atoms with Crippen LogP contribution in [0.5, 0.6) is 11.5 Å². The lowest BCUT2D eigenvalue weighted by Gasteiger charge is -2.53. The monoisotopic (exact) mass is 341 g/mol. The van der Waals surface area contributed by atoms with Crippen LogP contribution in [0.3, 0.4) is 0 Å². The molecule has 1 aliphatic rings. The number of ether oxygens (including phenoxy) is 2. The summed E-state index contributed by atoms with van der Waals surface area (Å²) in [4.78, 5) is 0. The topological polar surface area (TPSA) is 30.5 Å². The molecule has 3 nitrogen and oxygen atoms in total. The van der Waals surface area contributed by atoms with Crippen LogP contribution in [-0.2, 0) is 0 Å². The molecule has 0 saturated heterocycles. The molecule has 2 rings (SSSR count). The van der Waals surface area contributed by atoms with Gasteiger partial charge in [0.1, 0.15) is 17.6 Å². The minimum atomic E-state index is 0.204. The maximum absolute atomic E-state index is 6.22. The molecular formula is C16H24BrNO2. The molecular weight excluding hydrogens is 318 g/mol. The van der Waals surface area contributed by atoms with E-state index in [0.717, 1.165) is 35.4 Å². The Kier molecular flexibility index (Phi) is 4.97. The molecule has 1 aliphatic carbocycles. The molecule has 0 spiro atoms. The van der Waals surface area contributed by atoms with E-state index in [1.165, 1.54) is 0 Å². The van der Waals surface area contributed by atoms with Gasteiger partial charge in [-0.15, -0.1) is 0 Å². The fourth-order valence-electron chi connectivity index (χ4n) is 2.89. The van der Waals surface area contributed by atoms with Crippen LogP contribution in [0.2, 0.25) is 0 Å². The second kappa shape index (κ2) is 6.35. The van der Waals surface area contributed by atoms with Gasteiger partial charge in [-0.3, -0.25) is 0 Å². The van der Waals surface area contributed by atoms with Crippen molar-refractivity contribution in [1.82, 2.24) is 5.32 Å². The molecule has 0 aromatic heterocycles. The predicted molar refractivity (Wildman–Crippen MR) is 85.6 cm³/mol. The van der Waals surface area contributed by atoms with Gasteiger partial charge in [0.25, 0.3) is 0 Å². The smallest absolute Gasteiger partial charge is 0.134 e. The Morgan fingerprint density at radius 3 is 2.70 bits per heavy atom. The molecule has 4 heteroatoms. The van der Waals surface area contributed by atoms with Gasteiger partial charge in [-0.05, 0) is 47.1 Å². The molecule has 0 heterocycles. The Morgan fingerprint density at radius 1 is 1.40 bits per heavy atom. The standard InChI is InChI=1S/C16H24BrNO2/c1-5-16(3)14(18-6-2)10-15(16)20-13-8-7-11(19-4)9-12(13)17/h7-9,14-15,18H,5-6,10H2,1-4H3. The van der Waals surface area contributed by atoms with Crippen molar-refractivity contribution in [2.24, 2.45) is 5.41 Å². The molecule has 0 bridgehead atoms. The Balaban J connectivity index is 2.07. The van der Waals surface area contributed by atoms with Crippen molar-refractivity contribution in [2.75, 3.05) is 13.7 Å². The van der Waals surface area contributed by atoms with Gasteiger partial charge in [0.05, 0.1) is 11.6 Å². The molecule has 1 fully saturated rings. The normalized spacial score (nSPS) is 28.9. The first kappa shape index (κ1) is 15.6. The van der Waals surface area contributed by atoms with Gasteiger partial charge in [-0.2, -0.15) is 0 Å². The summed E-state index contributed by atoms with van der Waals surface area (Å²) >= 11 is 3.55. The van der Waals surface area contributed by atoms with E-state index in [1.54, 1.807) is 7.11 Å². The number of methoxy groups -OCH3 is 1. The Bertz CT molecular complexity index is 466. The van der Waals surface area contributed by atoms with Crippen molar-refractivity contribution in [3.63, 3.8) is 0 Å². The van der Waals surface area contributed by atoms with Crippen molar-refractivity contribution < 1.29 is 9.47 Å². The summed E-state index contributed by atoms with van der Waals surface area (Å²) in [6.45, 7) is 7.72. The summed E-state index contributed by atoms with van der Waals surface area (Å²) < 4.78 is 12.4. The third kappa shape index (κ3) is 2.82. The average Bonchev–Trinajstić information content (AvgIpc) is 2.46. The third-order valence-corrected chi connectivity index (χ3v) is 5.22. The first-order chi connectivity index (χ1) is 9.55. The van der Waals surface area contributed by atoms with Gasteiger partial charge in [0.2, 0.25) is 0 Å². The second-order valence-electron chi connectivity index (χ2n) is 5.61.